The minimum Gasteiger partial charge on any atom is -0.350 e. The van der Waals surface area contributed by atoms with Gasteiger partial charge in [0.05, 0.1) is 11.6 Å². The fourth-order valence-electron chi connectivity index (χ4n) is 2.14. The number of nitrogens with zero attached hydrogens (tertiary/aromatic N) is 1. The van der Waals surface area contributed by atoms with Crippen molar-refractivity contribution < 1.29 is 23.1 Å². The summed E-state index contributed by atoms with van der Waals surface area (Å²) in [5.41, 5.74) is 0.354. The Balaban J connectivity index is 2.25. The molecule has 0 saturated heterocycles. The van der Waals surface area contributed by atoms with Gasteiger partial charge in [0.25, 0.3) is 0 Å². The molecule has 2 atom stereocenters. The number of hydrogen-bond acceptors (Lipinski definition) is 3. The van der Waals surface area contributed by atoms with Crippen LogP contribution in [0, 0.1) is 5.92 Å². The minimum atomic E-state index is -4.78. The molecule has 3 nitrogen and oxygen atoms in total. The van der Waals surface area contributed by atoms with Gasteiger partial charge in [0, 0.05) is 0 Å². The first-order valence-corrected chi connectivity index (χ1v) is 4.99. The van der Waals surface area contributed by atoms with Crippen LogP contribution in [0.4, 0.5) is 13.2 Å². The van der Waals surface area contributed by atoms with Crippen molar-refractivity contribution >= 4 is 5.71 Å². The van der Waals surface area contributed by atoms with Gasteiger partial charge in [-0.1, -0.05) is 18.0 Å². The van der Waals surface area contributed by atoms with Crippen LogP contribution in [0.2, 0.25) is 0 Å². The van der Waals surface area contributed by atoms with Crippen molar-refractivity contribution in [2.75, 3.05) is 0 Å². The topological polar surface area (TPSA) is 41.8 Å². The van der Waals surface area contributed by atoms with E-state index in [0.717, 1.165) is 12.8 Å². The van der Waals surface area contributed by atoms with E-state index in [1.165, 1.54) is 0 Å². The van der Waals surface area contributed by atoms with Crippen LogP contribution in [0.25, 0.3) is 0 Å². The Morgan fingerprint density at radius 1 is 1.33 bits per heavy atom. The summed E-state index contributed by atoms with van der Waals surface area (Å²) in [7, 11) is 0. The van der Waals surface area contributed by atoms with Crippen LogP contribution in [-0.4, -0.2) is 22.8 Å². The number of rotatable bonds is 0. The number of alkyl halides is 3. The molecule has 6 heteroatoms. The Kier molecular flexibility index (Phi) is 2.41. The van der Waals surface area contributed by atoms with Gasteiger partial charge in [-0.3, -0.25) is 0 Å². The van der Waals surface area contributed by atoms with Crippen molar-refractivity contribution in [2.24, 2.45) is 11.1 Å². The quantitative estimate of drug-likeness (QED) is 0.684. The maximum absolute atomic E-state index is 12.6. The van der Waals surface area contributed by atoms with E-state index in [1.807, 2.05) is 0 Å². The molecule has 1 fully saturated rings. The molecule has 2 rings (SSSR count). The van der Waals surface area contributed by atoms with Crippen LogP contribution >= 0.6 is 0 Å². The molecule has 0 aromatic heterocycles. The SMILES string of the molecule is OC1(C(F)(F)F)ON=C2CCCCCC21. The summed E-state index contributed by atoms with van der Waals surface area (Å²) in [6.45, 7) is 0. The van der Waals surface area contributed by atoms with Crippen molar-refractivity contribution in [2.45, 2.75) is 44.1 Å². The molecule has 15 heavy (non-hydrogen) atoms. The van der Waals surface area contributed by atoms with Crippen LogP contribution in [0.15, 0.2) is 5.16 Å². The molecule has 1 aliphatic heterocycles. The van der Waals surface area contributed by atoms with E-state index in [1.54, 1.807) is 0 Å². The first-order valence-electron chi connectivity index (χ1n) is 4.99. The molecule has 2 unspecified atom stereocenters. The van der Waals surface area contributed by atoms with E-state index in [4.69, 9.17) is 0 Å². The van der Waals surface area contributed by atoms with E-state index < -0.39 is 17.9 Å². The van der Waals surface area contributed by atoms with Crippen LogP contribution in [0.3, 0.4) is 0 Å². The summed E-state index contributed by atoms with van der Waals surface area (Å²) in [5, 5.41) is 12.9. The third-order valence-electron chi connectivity index (χ3n) is 3.01. The summed E-state index contributed by atoms with van der Waals surface area (Å²) >= 11 is 0. The molecule has 0 radical (unpaired) electrons. The predicted octanol–water partition coefficient (Wildman–Crippen LogP) is 2.20. The Bertz CT molecular complexity index is 290. The van der Waals surface area contributed by atoms with E-state index in [0.29, 0.717) is 18.6 Å². The van der Waals surface area contributed by atoms with Crippen LogP contribution in [0.5, 0.6) is 0 Å². The Labute approximate surface area is 84.9 Å². The highest BCUT2D eigenvalue weighted by molar-refractivity contribution is 5.88. The molecule has 1 heterocycles. The molecule has 0 amide bonds. The molecule has 0 bridgehead atoms. The standard InChI is InChI=1S/C9H12F3NO2/c10-9(11,12)8(14)6-4-2-1-3-5-7(6)13-15-8/h6,14H,1-5H2. The van der Waals surface area contributed by atoms with Gasteiger partial charge in [-0.15, -0.1) is 0 Å². The first kappa shape index (κ1) is 10.7. The van der Waals surface area contributed by atoms with Gasteiger partial charge in [0.15, 0.2) is 0 Å². The summed E-state index contributed by atoms with van der Waals surface area (Å²) in [6.07, 6.45) is -1.65. The van der Waals surface area contributed by atoms with Crippen LogP contribution in [0.1, 0.15) is 32.1 Å². The van der Waals surface area contributed by atoms with E-state index >= 15 is 0 Å². The average molecular weight is 223 g/mol. The molecule has 1 N–H and O–H groups in total. The highest BCUT2D eigenvalue weighted by Gasteiger charge is 2.65. The summed E-state index contributed by atoms with van der Waals surface area (Å²) in [6, 6.07) is 0. The largest absolute Gasteiger partial charge is 0.458 e. The zero-order chi connectivity index (χ0) is 11.1. The van der Waals surface area contributed by atoms with Crippen molar-refractivity contribution in [1.82, 2.24) is 0 Å². The monoisotopic (exact) mass is 223 g/mol. The molecule has 0 aromatic rings. The third-order valence-corrected chi connectivity index (χ3v) is 3.01. The molecular weight excluding hydrogens is 211 g/mol. The summed E-state index contributed by atoms with van der Waals surface area (Å²) in [4.78, 5) is 4.23. The zero-order valence-corrected chi connectivity index (χ0v) is 8.05. The average Bonchev–Trinajstić information content (AvgIpc) is 2.37. The maximum atomic E-state index is 12.6. The number of oxime groups is 1. The second-order valence-corrected chi connectivity index (χ2v) is 4.02. The number of aliphatic hydroxyl groups is 1. The maximum Gasteiger partial charge on any atom is 0.458 e. The smallest absolute Gasteiger partial charge is 0.350 e. The summed E-state index contributed by atoms with van der Waals surface area (Å²) < 4.78 is 37.8. The lowest BCUT2D eigenvalue weighted by molar-refractivity contribution is -0.370. The third kappa shape index (κ3) is 1.60. The lowest BCUT2D eigenvalue weighted by Crippen LogP contribution is -2.51. The molecule has 0 spiro atoms. The van der Waals surface area contributed by atoms with E-state index in [2.05, 4.69) is 9.99 Å². The normalized spacial score (nSPS) is 36.5. The molecule has 1 saturated carbocycles. The number of fused-ring (bicyclic) bond motifs is 1. The molecular formula is C9H12F3NO2. The van der Waals surface area contributed by atoms with Crippen LogP contribution in [-0.2, 0) is 4.84 Å². The zero-order valence-electron chi connectivity index (χ0n) is 8.05. The van der Waals surface area contributed by atoms with E-state index in [-0.39, 0.29) is 6.42 Å². The Morgan fingerprint density at radius 3 is 2.73 bits per heavy atom. The fourth-order valence-corrected chi connectivity index (χ4v) is 2.14. The van der Waals surface area contributed by atoms with Crippen LogP contribution < -0.4 is 0 Å². The van der Waals surface area contributed by atoms with Crippen molar-refractivity contribution in [3.05, 3.63) is 0 Å². The van der Waals surface area contributed by atoms with Gasteiger partial charge in [-0.2, -0.15) is 13.2 Å². The molecule has 0 aromatic carbocycles. The summed E-state index contributed by atoms with van der Waals surface area (Å²) in [5.74, 6) is -4.10. The van der Waals surface area contributed by atoms with Crippen molar-refractivity contribution in [1.29, 1.82) is 0 Å². The van der Waals surface area contributed by atoms with Gasteiger partial charge >= 0.3 is 12.0 Å². The highest BCUT2D eigenvalue weighted by Crippen LogP contribution is 2.45. The number of hydrogen-bond donors (Lipinski definition) is 1. The molecule has 1 aliphatic carbocycles. The predicted molar refractivity (Wildman–Crippen MR) is 46.1 cm³/mol. The minimum absolute atomic E-state index is 0.287. The Hall–Kier alpha value is -0.780. The van der Waals surface area contributed by atoms with Crippen molar-refractivity contribution in [3.8, 4) is 0 Å². The number of halogens is 3. The van der Waals surface area contributed by atoms with Gasteiger partial charge in [0.1, 0.15) is 0 Å². The van der Waals surface area contributed by atoms with E-state index in [9.17, 15) is 18.3 Å². The van der Waals surface area contributed by atoms with Crippen molar-refractivity contribution in [3.63, 3.8) is 0 Å². The molecule has 2 aliphatic rings. The highest BCUT2D eigenvalue weighted by atomic mass is 19.4. The van der Waals surface area contributed by atoms with Gasteiger partial charge in [-0.05, 0) is 19.3 Å². The molecule has 86 valence electrons. The Morgan fingerprint density at radius 2 is 2.07 bits per heavy atom. The van der Waals surface area contributed by atoms with Gasteiger partial charge in [0.2, 0.25) is 0 Å². The lowest BCUT2D eigenvalue weighted by atomic mass is 9.89. The van der Waals surface area contributed by atoms with Gasteiger partial charge < -0.3 is 9.94 Å². The second-order valence-electron chi connectivity index (χ2n) is 4.02. The fraction of sp³-hybridized carbons (Fsp3) is 0.889. The lowest BCUT2D eigenvalue weighted by Gasteiger charge is -2.28. The first-order chi connectivity index (χ1) is 6.95. The van der Waals surface area contributed by atoms with Gasteiger partial charge in [-0.25, -0.2) is 0 Å². The second kappa shape index (κ2) is 3.37.